The van der Waals surface area contributed by atoms with E-state index >= 15 is 0 Å². The molecule has 1 aromatic carbocycles. The molecule has 0 bridgehead atoms. The Bertz CT molecular complexity index is 740. The third-order valence-corrected chi connectivity index (χ3v) is 6.80. The van der Waals surface area contributed by atoms with Crippen molar-refractivity contribution in [3.05, 3.63) is 45.1 Å². The van der Waals surface area contributed by atoms with E-state index in [0.29, 0.717) is 16.7 Å². The molecule has 0 radical (unpaired) electrons. The van der Waals surface area contributed by atoms with Crippen LogP contribution < -0.4 is 5.73 Å². The van der Waals surface area contributed by atoms with Crippen molar-refractivity contribution in [2.24, 2.45) is 0 Å². The number of anilines is 1. The molecule has 2 aromatic rings. The average Bonchev–Trinajstić information content (AvgIpc) is 3.15. The Labute approximate surface area is 136 Å². The van der Waals surface area contributed by atoms with Gasteiger partial charge in [0.25, 0.3) is 0 Å². The number of sulfonamides is 1. The predicted molar refractivity (Wildman–Crippen MR) is 88.6 cm³/mol. The number of nitrogens with zero attached hydrogens (tertiary/aromatic N) is 1. The molecule has 4 nitrogen and oxygen atoms in total. The maximum atomic E-state index is 12.9. The first kappa shape index (κ1) is 15.0. The second kappa shape index (κ2) is 5.72. The van der Waals surface area contributed by atoms with E-state index in [9.17, 15) is 8.42 Å². The number of hydrogen-bond donors (Lipinski definition) is 1. The molecule has 3 rings (SSSR count). The van der Waals surface area contributed by atoms with Gasteiger partial charge in [0.15, 0.2) is 0 Å². The summed E-state index contributed by atoms with van der Waals surface area (Å²) in [6.45, 7) is 0.423. The molecule has 1 aliphatic rings. The van der Waals surface area contributed by atoms with Crippen LogP contribution in [0.5, 0.6) is 0 Å². The van der Waals surface area contributed by atoms with E-state index in [1.165, 1.54) is 6.07 Å². The summed E-state index contributed by atoms with van der Waals surface area (Å²) in [6.07, 6.45) is 1.85. The number of thiophene rings is 1. The Hall–Kier alpha value is -0.890. The zero-order valence-corrected chi connectivity index (χ0v) is 14.4. The van der Waals surface area contributed by atoms with Gasteiger partial charge in [-0.05, 0) is 69.4 Å². The molecule has 1 aliphatic carbocycles. The zero-order chi connectivity index (χ0) is 15.0. The number of nitrogen functional groups attached to an aromatic ring is 1. The van der Waals surface area contributed by atoms with Crippen LogP contribution in [0.1, 0.15) is 18.4 Å². The normalized spacial score (nSPS) is 15.5. The highest BCUT2D eigenvalue weighted by Crippen LogP contribution is 2.35. The number of benzene rings is 1. The molecule has 1 saturated carbocycles. The van der Waals surface area contributed by atoms with Crippen LogP contribution in [0.15, 0.2) is 44.4 Å². The molecular formula is C14H15BrN2O2S2. The van der Waals surface area contributed by atoms with Crippen LogP contribution in [0.25, 0.3) is 0 Å². The lowest BCUT2D eigenvalue weighted by atomic mass is 10.3. The maximum Gasteiger partial charge on any atom is 0.243 e. The van der Waals surface area contributed by atoms with Gasteiger partial charge in [0, 0.05) is 22.7 Å². The van der Waals surface area contributed by atoms with Gasteiger partial charge < -0.3 is 5.73 Å². The summed E-state index contributed by atoms with van der Waals surface area (Å²) in [5.41, 5.74) is 7.28. The van der Waals surface area contributed by atoms with Crippen LogP contribution >= 0.6 is 27.3 Å². The van der Waals surface area contributed by atoms with Gasteiger partial charge in [-0.15, -0.1) is 0 Å². The summed E-state index contributed by atoms with van der Waals surface area (Å²) in [5, 5.41) is 3.95. The van der Waals surface area contributed by atoms with Gasteiger partial charge in [0.05, 0.1) is 4.90 Å². The summed E-state index contributed by atoms with van der Waals surface area (Å²) < 4.78 is 28.0. The zero-order valence-electron chi connectivity index (χ0n) is 11.2. The van der Waals surface area contributed by atoms with Crippen molar-refractivity contribution < 1.29 is 8.42 Å². The predicted octanol–water partition coefficient (Wildman–Crippen LogP) is 3.45. The van der Waals surface area contributed by atoms with Crippen molar-refractivity contribution in [1.82, 2.24) is 4.31 Å². The molecular weight excluding hydrogens is 372 g/mol. The summed E-state index contributed by atoms with van der Waals surface area (Å²) in [6, 6.07) is 6.87. The van der Waals surface area contributed by atoms with E-state index in [1.54, 1.807) is 27.8 Å². The first-order chi connectivity index (χ1) is 9.98. The lowest BCUT2D eigenvalue weighted by Crippen LogP contribution is -2.32. The minimum Gasteiger partial charge on any atom is -0.398 e. The largest absolute Gasteiger partial charge is 0.398 e. The number of hydrogen-bond acceptors (Lipinski definition) is 4. The van der Waals surface area contributed by atoms with E-state index in [1.807, 2.05) is 16.8 Å². The summed E-state index contributed by atoms with van der Waals surface area (Å²) in [4.78, 5) is 0.255. The van der Waals surface area contributed by atoms with Crippen LogP contribution in [0.4, 0.5) is 5.69 Å². The molecule has 21 heavy (non-hydrogen) atoms. The highest BCUT2D eigenvalue weighted by molar-refractivity contribution is 9.10. The number of rotatable bonds is 5. The maximum absolute atomic E-state index is 12.9. The monoisotopic (exact) mass is 386 g/mol. The molecule has 0 saturated heterocycles. The van der Waals surface area contributed by atoms with Crippen LogP contribution in [0, 0.1) is 0 Å². The van der Waals surface area contributed by atoms with Crippen molar-refractivity contribution in [3.8, 4) is 0 Å². The quantitative estimate of drug-likeness (QED) is 0.800. The Morgan fingerprint density at radius 2 is 2.10 bits per heavy atom. The fourth-order valence-corrected chi connectivity index (χ4v) is 4.77. The van der Waals surface area contributed by atoms with Crippen molar-refractivity contribution in [1.29, 1.82) is 0 Å². The molecule has 0 spiro atoms. The van der Waals surface area contributed by atoms with Crippen molar-refractivity contribution >= 4 is 43.0 Å². The average molecular weight is 387 g/mol. The fraction of sp³-hybridized carbons (Fsp3) is 0.286. The highest BCUT2D eigenvalue weighted by atomic mass is 79.9. The summed E-state index contributed by atoms with van der Waals surface area (Å²) in [7, 11) is -3.52. The Balaban J connectivity index is 1.95. The Kier molecular flexibility index (Phi) is 4.09. The van der Waals surface area contributed by atoms with Gasteiger partial charge in [-0.3, -0.25) is 0 Å². The Morgan fingerprint density at radius 3 is 2.67 bits per heavy atom. The van der Waals surface area contributed by atoms with Gasteiger partial charge in [0.2, 0.25) is 10.0 Å². The van der Waals surface area contributed by atoms with Crippen LogP contribution in [0.3, 0.4) is 0 Å². The third-order valence-electron chi connectivity index (χ3n) is 3.45. The Morgan fingerprint density at radius 1 is 1.33 bits per heavy atom. The summed E-state index contributed by atoms with van der Waals surface area (Å²) >= 11 is 4.87. The lowest BCUT2D eigenvalue weighted by molar-refractivity contribution is 0.399. The summed E-state index contributed by atoms with van der Waals surface area (Å²) in [5.74, 6) is 0. The van der Waals surface area contributed by atoms with Crippen molar-refractivity contribution in [2.75, 3.05) is 5.73 Å². The number of nitrogens with two attached hydrogens (primary N) is 1. The van der Waals surface area contributed by atoms with E-state index in [2.05, 4.69) is 15.9 Å². The molecule has 1 aromatic heterocycles. The van der Waals surface area contributed by atoms with Crippen LogP contribution in [-0.4, -0.2) is 18.8 Å². The third kappa shape index (κ3) is 3.15. The molecule has 1 fully saturated rings. The first-order valence-corrected chi connectivity index (χ1v) is 9.74. The van der Waals surface area contributed by atoms with Gasteiger partial charge >= 0.3 is 0 Å². The molecule has 0 atom stereocenters. The molecule has 0 unspecified atom stereocenters. The molecule has 7 heteroatoms. The highest BCUT2D eigenvalue weighted by Gasteiger charge is 2.38. The van der Waals surface area contributed by atoms with Gasteiger partial charge in [0.1, 0.15) is 0 Å². The fourth-order valence-electron chi connectivity index (χ4n) is 2.15. The van der Waals surface area contributed by atoms with Crippen molar-refractivity contribution in [2.45, 2.75) is 30.3 Å². The molecule has 1 heterocycles. The van der Waals surface area contributed by atoms with E-state index < -0.39 is 10.0 Å². The SMILES string of the molecule is Nc1cc(S(=O)(=O)N(Cc2ccsc2)C2CC2)ccc1Br. The van der Waals surface area contributed by atoms with Gasteiger partial charge in [-0.1, -0.05) is 0 Å². The van der Waals surface area contributed by atoms with Crippen LogP contribution in [-0.2, 0) is 16.6 Å². The second-order valence-electron chi connectivity index (χ2n) is 5.10. The minimum absolute atomic E-state index is 0.111. The minimum atomic E-state index is -3.52. The van der Waals surface area contributed by atoms with E-state index in [-0.39, 0.29) is 10.9 Å². The second-order valence-corrected chi connectivity index (χ2v) is 8.62. The molecule has 112 valence electrons. The lowest BCUT2D eigenvalue weighted by Gasteiger charge is -2.21. The standard InChI is InChI=1S/C14H15BrN2O2S2/c15-13-4-3-12(7-14(13)16)21(18,19)17(11-1-2-11)8-10-5-6-20-9-10/h3-7,9,11H,1-2,8,16H2. The molecule has 0 aliphatic heterocycles. The molecule has 0 amide bonds. The van der Waals surface area contributed by atoms with Gasteiger partial charge in [-0.2, -0.15) is 15.6 Å². The topological polar surface area (TPSA) is 63.4 Å². The van der Waals surface area contributed by atoms with E-state index in [4.69, 9.17) is 5.73 Å². The smallest absolute Gasteiger partial charge is 0.243 e. The first-order valence-electron chi connectivity index (χ1n) is 6.56. The van der Waals surface area contributed by atoms with Crippen LogP contribution in [0.2, 0.25) is 0 Å². The molecule has 2 N–H and O–H groups in total. The van der Waals surface area contributed by atoms with Gasteiger partial charge in [-0.25, -0.2) is 8.42 Å². The number of halogens is 1. The van der Waals surface area contributed by atoms with E-state index in [0.717, 1.165) is 18.4 Å². The van der Waals surface area contributed by atoms with Crippen molar-refractivity contribution in [3.63, 3.8) is 0 Å².